The Balaban J connectivity index is 3.14. The summed E-state index contributed by atoms with van der Waals surface area (Å²) in [7, 11) is 14.4. The van der Waals surface area contributed by atoms with Crippen LogP contribution in [0.4, 0.5) is 0 Å². The lowest BCUT2D eigenvalue weighted by Gasteiger charge is -2.11. The van der Waals surface area contributed by atoms with Gasteiger partial charge in [-0.05, 0) is 14.0 Å². The molecule has 0 nitrogen and oxygen atoms in total. The number of hydrogen-bond donors (Lipinski definition) is 0. The standard InChI is InChI=1S/BH7P6/c1-5-7(4)6(2)3/h5H,2-4H2. The highest BCUT2D eigenvalue weighted by Gasteiger charge is 2.00. The van der Waals surface area contributed by atoms with Crippen LogP contribution < -0.4 is 0 Å². The van der Waals surface area contributed by atoms with E-state index in [2.05, 4.69) is 26.8 Å². The molecule has 0 N–H and O–H groups in total. The summed E-state index contributed by atoms with van der Waals surface area (Å²) in [5.41, 5.74) is 0. The third-order valence-electron chi connectivity index (χ3n) is 0.381. The predicted molar refractivity (Wildman–Crippen MR) is 57.0 cm³/mol. The Morgan fingerprint density at radius 3 is 1.71 bits per heavy atom. The van der Waals surface area contributed by atoms with Gasteiger partial charge in [0.05, 0.1) is 0 Å². The van der Waals surface area contributed by atoms with Crippen molar-refractivity contribution in [2.24, 2.45) is 0 Å². The van der Waals surface area contributed by atoms with Crippen molar-refractivity contribution in [2.45, 2.75) is 0 Å². The average molecular weight is 204 g/mol. The van der Waals surface area contributed by atoms with Gasteiger partial charge < -0.3 is 0 Å². The fraction of sp³-hybridized carbons (Fsp3) is 0. The highest BCUT2D eigenvalue weighted by Crippen LogP contribution is 2.89. The van der Waals surface area contributed by atoms with Crippen molar-refractivity contribution in [1.29, 1.82) is 0 Å². The summed E-state index contributed by atoms with van der Waals surface area (Å²) in [5, 5.41) is 0. The van der Waals surface area contributed by atoms with Crippen molar-refractivity contribution in [3.05, 3.63) is 0 Å². The third-order valence-corrected chi connectivity index (χ3v) is 23.7. The highest BCUT2D eigenvalue weighted by molar-refractivity contribution is 8.95. The average Bonchev–Trinajstić information content (AvgIpc) is 1.65. The molecule has 7 heteroatoms. The summed E-state index contributed by atoms with van der Waals surface area (Å²) in [5.74, 6) is 0. The van der Waals surface area contributed by atoms with E-state index in [-0.39, 0.29) is 14.0 Å². The minimum atomic E-state index is 0.0756. The van der Waals surface area contributed by atoms with E-state index in [9.17, 15) is 0 Å². The molecular weight excluding hydrogens is 197 g/mol. The second-order valence-electron chi connectivity index (χ2n) is 0.854. The molecule has 0 aliphatic carbocycles. The molecule has 5 atom stereocenters. The lowest BCUT2D eigenvalue weighted by Crippen LogP contribution is -1.31. The van der Waals surface area contributed by atoms with E-state index < -0.39 is 0 Å². The van der Waals surface area contributed by atoms with Crippen LogP contribution in [0.5, 0.6) is 0 Å². The molecule has 0 aliphatic rings. The zero-order valence-corrected chi connectivity index (χ0v) is 9.96. The molecule has 0 amide bonds. The van der Waals surface area contributed by atoms with Gasteiger partial charge in [0.15, 0.2) is 0 Å². The van der Waals surface area contributed by atoms with Crippen LogP contribution in [0.3, 0.4) is 0 Å². The highest BCUT2D eigenvalue weighted by atomic mass is 33.0. The Kier molecular flexibility index (Phi) is 7.48. The topological polar surface area (TPSA) is 0 Å². The SMILES string of the molecule is [B]PP(P)P(P)P. The molecule has 0 heterocycles. The van der Waals surface area contributed by atoms with Gasteiger partial charge in [0, 0.05) is 0 Å². The second-order valence-corrected chi connectivity index (χ2v) is 20.7. The van der Waals surface area contributed by atoms with Gasteiger partial charge in [0.25, 0.3) is 0 Å². The quantitative estimate of drug-likeness (QED) is 0.478. The summed E-state index contributed by atoms with van der Waals surface area (Å²) in [6.07, 6.45) is 0. The van der Waals surface area contributed by atoms with Crippen LogP contribution in [0.25, 0.3) is 0 Å². The van der Waals surface area contributed by atoms with E-state index in [1.807, 2.05) is 0 Å². The Hall–Kier alpha value is 2.64. The second kappa shape index (κ2) is 5.43. The van der Waals surface area contributed by atoms with Gasteiger partial charge in [-0.25, -0.2) is 0 Å². The van der Waals surface area contributed by atoms with Crippen LogP contribution in [-0.4, -0.2) is 7.57 Å². The van der Waals surface area contributed by atoms with Crippen LogP contribution in [-0.2, 0) is 0 Å². The molecule has 7 heavy (non-hydrogen) atoms. The summed E-state index contributed by atoms with van der Waals surface area (Å²) < 4.78 is 0. The van der Waals surface area contributed by atoms with Gasteiger partial charge >= 0.3 is 0 Å². The maximum absolute atomic E-state index is 5.40. The molecule has 2 radical (unpaired) electrons. The molecule has 0 saturated carbocycles. The summed E-state index contributed by atoms with van der Waals surface area (Å²) in [4.78, 5) is 0. The Bertz CT molecular complexity index is 41.4. The van der Waals surface area contributed by atoms with Gasteiger partial charge in [0.2, 0.25) is 0 Å². The Morgan fingerprint density at radius 2 is 1.71 bits per heavy atom. The maximum Gasteiger partial charge on any atom is 0.111 e. The fourth-order valence-corrected chi connectivity index (χ4v) is 5.40. The molecule has 0 aromatic heterocycles. The molecule has 0 fully saturated rings. The van der Waals surface area contributed by atoms with Crippen molar-refractivity contribution >= 4 is 56.5 Å². The number of hydrogen-bond acceptors (Lipinski definition) is 0. The molecule has 0 bridgehead atoms. The molecule has 0 saturated heterocycles. The molecule has 0 spiro atoms. The van der Waals surface area contributed by atoms with Gasteiger partial charge in [-0.15, -0.1) is 34.9 Å². The third kappa shape index (κ3) is 5.11. The summed E-state index contributed by atoms with van der Waals surface area (Å²) >= 11 is 0. The van der Waals surface area contributed by atoms with E-state index in [4.69, 9.17) is 7.57 Å². The normalized spacial score (nSPS) is 16.6. The first kappa shape index (κ1) is 9.64. The first-order chi connectivity index (χ1) is 3.18. The molecular formula is H7BP6. The molecule has 0 aliphatic heterocycles. The lowest BCUT2D eigenvalue weighted by molar-refractivity contribution is 4.77. The lowest BCUT2D eigenvalue weighted by atomic mass is 10.8. The van der Waals surface area contributed by atoms with Crippen molar-refractivity contribution in [3.8, 4) is 0 Å². The van der Waals surface area contributed by atoms with E-state index in [0.29, 0.717) is 8.15 Å². The predicted octanol–water partition coefficient (Wildman–Crippen LogP) is 2.91. The molecule has 40 valence electrons. The smallest absolute Gasteiger partial charge is 0.111 e. The first-order valence-corrected chi connectivity index (χ1v) is 11.6. The van der Waals surface area contributed by atoms with Crippen molar-refractivity contribution in [1.82, 2.24) is 0 Å². The molecule has 0 rings (SSSR count). The minimum Gasteiger partial charge on any atom is -0.138 e. The van der Waals surface area contributed by atoms with Crippen LogP contribution in [0.15, 0.2) is 0 Å². The zero-order chi connectivity index (χ0) is 5.86. The molecule has 0 aromatic carbocycles. The van der Waals surface area contributed by atoms with E-state index in [0.717, 1.165) is 0 Å². The summed E-state index contributed by atoms with van der Waals surface area (Å²) in [6.45, 7) is 0.162. The first-order valence-electron chi connectivity index (χ1n) is 1.49. The van der Waals surface area contributed by atoms with E-state index >= 15 is 0 Å². The van der Waals surface area contributed by atoms with E-state index in [1.54, 1.807) is 0 Å². The van der Waals surface area contributed by atoms with Gasteiger partial charge in [0.1, 0.15) is 7.57 Å². The largest absolute Gasteiger partial charge is 0.138 e. The van der Waals surface area contributed by atoms with E-state index in [1.165, 1.54) is 0 Å². The van der Waals surface area contributed by atoms with Gasteiger partial charge in [-0.1, -0.05) is 0 Å². The van der Waals surface area contributed by atoms with Crippen LogP contribution in [0, 0.1) is 0 Å². The van der Waals surface area contributed by atoms with Crippen LogP contribution in [0.2, 0.25) is 0 Å². The monoisotopic (exact) mass is 204 g/mol. The Morgan fingerprint density at radius 1 is 1.29 bits per heavy atom. The molecule has 5 unspecified atom stereocenters. The molecule has 0 aromatic rings. The summed E-state index contributed by atoms with van der Waals surface area (Å²) in [6, 6.07) is 0. The maximum atomic E-state index is 5.40. The zero-order valence-electron chi connectivity index (χ0n) is 3.70. The van der Waals surface area contributed by atoms with Crippen molar-refractivity contribution < 1.29 is 0 Å². The van der Waals surface area contributed by atoms with Crippen LogP contribution >= 0.6 is 48.9 Å². The minimum absolute atomic E-state index is 0.0756. The van der Waals surface area contributed by atoms with Crippen molar-refractivity contribution in [2.75, 3.05) is 0 Å². The Labute approximate surface area is 56.9 Å². The number of rotatable bonds is 2. The van der Waals surface area contributed by atoms with Gasteiger partial charge in [-0.2, -0.15) is 0 Å². The van der Waals surface area contributed by atoms with Gasteiger partial charge in [-0.3, -0.25) is 0 Å². The van der Waals surface area contributed by atoms with Crippen molar-refractivity contribution in [3.63, 3.8) is 0 Å². The fourth-order valence-electron chi connectivity index (χ4n) is 0.0667. The van der Waals surface area contributed by atoms with Crippen LogP contribution in [0.1, 0.15) is 0 Å².